The molecule has 0 saturated carbocycles. The number of ether oxygens (including phenoxy) is 2. The predicted octanol–water partition coefficient (Wildman–Crippen LogP) is 2.47. The first kappa shape index (κ1) is 19.5. The number of carbonyl (C=O) groups excluding carboxylic acids is 2. The number of amides is 1. The fourth-order valence-electron chi connectivity index (χ4n) is 2.65. The van der Waals surface area contributed by atoms with Gasteiger partial charge in [-0.15, -0.1) is 0 Å². The molecule has 7 nitrogen and oxygen atoms in total. The third-order valence-electron chi connectivity index (χ3n) is 4.02. The quantitative estimate of drug-likeness (QED) is 0.704. The normalized spacial score (nSPS) is 14.6. The fraction of sp³-hybridized carbons (Fsp3) is 0.316. The van der Waals surface area contributed by atoms with Crippen molar-refractivity contribution < 1.29 is 19.1 Å². The average Bonchev–Trinajstić information content (AvgIpc) is 2.68. The number of benzene rings is 1. The summed E-state index contributed by atoms with van der Waals surface area (Å²) in [5.74, 6) is -0.993. The molecular weight excluding hydrogens is 414 g/mol. The second kappa shape index (κ2) is 9.59. The summed E-state index contributed by atoms with van der Waals surface area (Å²) in [6, 6.07) is 9.22. The van der Waals surface area contributed by atoms with E-state index in [9.17, 15) is 9.59 Å². The van der Waals surface area contributed by atoms with Crippen LogP contribution in [0.2, 0.25) is 0 Å². The number of pyridine rings is 1. The second-order valence-corrected chi connectivity index (χ2v) is 7.02. The van der Waals surface area contributed by atoms with Gasteiger partial charge in [-0.3, -0.25) is 14.7 Å². The zero-order chi connectivity index (χ0) is 19.1. The summed E-state index contributed by atoms with van der Waals surface area (Å²) in [5.41, 5.74) is 2.11. The monoisotopic (exact) mass is 433 g/mol. The molecule has 1 aliphatic rings. The number of aromatic nitrogens is 1. The van der Waals surface area contributed by atoms with Crippen LogP contribution in [-0.4, -0.2) is 54.7 Å². The van der Waals surface area contributed by atoms with Gasteiger partial charge in [0.2, 0.25) is 0 Å². The largest absolute Gasteiger partial charge is 0.452 e. The number of rotatable bonds is 6. The van der Waals surface area contributed by atoms with E-state index in [1.807, 2.05) is 24.3 Å². The van der Waals surface area contributed by atoms with Gasteiger partial charge in [0.15, 0.2) is 6.61 Å². The predicted molar refractivity (Wildman–Crippen MR) is 103 cm³/mol. The molecule has 1 N–H and O–H groups in total. The van der Waals surface area contributed by atoms with Crippen molar-refractivity contribution in [2.24, 2.45) is 0 Å². The number of halogens is 1. The van der Waals surface area contributed by atoms with Gasteiger partial charge in [0, 0.05) is 42.2 Å². The molecule has 2 aromatic rings. The number of carbonyl (C=O) groups is 2. The van der Waals surface area contributed by atoms with Crippen molar-refractivity contribution in [2.75, 3.05) is 38.2 Å². The number of morpholine rings is 1. The number of esters is 1. The Kier molecular flexibility index (Phi) is 6.92. The molecule has 142 valence electrons. The summed E-state index contributed by atoms with van der Waals surface area (Å²) in [6.07, 6.45) is 2.95. The number of nitrogens with one attached hydrogen (secondary N) is 1. The molecule has 27 heavy (non-hydrogen) atoms. The van der Waals surface area contributed by atoms with E-state index in [0.29, 0.717) is 10.2 Å². The van der Waals surface area contributed by atoms with Gasteiger partial charge in [0.05, 0.1) is 18.8 Å². The highest BCUT2D eigenvalue weighted by Crippen LogP contribution is 2.13. The van der Waals surface area contributed by atoms with Crippen LogP contribution >= 0.6 is 15.9 Å². The van der Waals surface area contributed by atoms with Gasteiger partial charge in [-0.1, -0.05) is 12.1 Å². The standard InChI is InChI=1S/C19H20BrN3O4/c20-16-9-15(10-21-11-16)19(25)27-13-18(24)22-17-3-1-14(2-4-17)12-23-5-7-26-8-6-23/h1-4,9-11H,5-8,12-13H2,(H,22,24). The van der Waals surface area contributed by atoms with Crippen LogP contribution in [0.1, 0.15) is 15.9 Å². The smallest absolute Gasteiger partial charge is 0.340 e. The summed E-state index contributed by atoms with van der Waals surface area (Å²) in [5, 5.41) is 2.72. The summed E-state index contributed by atoms with van der Waals surface area (Å²) in [4.78, 5) is 30.1. The van der Waals surface area contributed by atoms with Crippen LogP contribution < -0.4 is 5.32 Å². The maximum Gasteiger partial charge on any atom is 0.340 e. The summed E-state index contributed by atoms with van der Waals surface area (Å²) in [7, 11) is 0. The van der Waals surface area contributed by atoms with Crippen LogP contribution in [0.5, 0.6) is 0 Å². The van der Waals surface area contributed by atoms with Crippen molar-refractivity contribution in [1.82, 2.24) is 9.88 Å². The molecule has 1 amide bonds. The van der Waals surface area contributed by atoms with Crippen LogP contribution in [-0.2, 0) is 20.8 Å². The minimum Gasteiger partial charge on any atom is -0.452 e. The zero-order valence-electron chi connectivity index (χ0n) is 14.7. The van der Waals surface area contributed by atoms with Crippen molar-refractivity contribution in [3.8, 4) is 0 Å². The molecule has 0 bridgehead atoms. The van der Waals surface area contributed by atoms with Crippen molar-refractivity contribution in [2.45, 2.75) is 6.54 Å². The van der Waals surface area contributed by atoms with E-state index in [1.165, 1.54) is 11.8 Å². The Morgan fingerprint density at radius 3 is 2.63 bits per heavy atom. The second-order valence-electron chi connectivity index (χ2n) is 6.10. The molecule has 0 radical (unpaired) electrons. The molecule has 1 aromatic heterocycles. The number of nitrogens with zero attached hydrogens (tertiary/aromatic N) is 2. The number of anilines is 1. The van der Waals surface area contributed by atoms with E-state index in [4.69, 9.17) is 9.47 Å². The molecule has 3 rings (SSSR count). The molecular formula is C19H20BrN3O4. The van der Waals surface area contributed by atoms with E-state index < -0.39 is 11.9 Å². The van der Waals surface area contributed by atoms with Gasteiger partial charge < -0.3 is 14.8 Å². The van der Waals surface area contributed by atoms with Gasteiger partial charge in [0.25, 0.3) is 5.91 Å². The van der Waals surface area contributed by atoms with E-state index in [-0.39, 0.29) is 12.2 Å². The van der Waals surface area contributed by atoms with Gasteiger partial charge >= 0.3 is 5.97 Å². The molecule has 0 unspecified atom stereocenters. The Labute approximate surface area is 165 Å². The van der Waals surface area contributed by atoms with Crippen molar-refractivity contribution in [1.29, 1.82) is 0 Å². The SMILES string of the molecule is O=C(COC(=O)c1cncc(Br)c1)Nc1ccc(CN2CCOCC2)cc1. The maximum atomic E-state index is 12.0. The zero-order valence-corrected chi connectivity index (χ0v) is 16.3. The lowest BCUT2D eigenvalue weighted by Crippen LogP contribution is -2.35. The van der Waals surface area contributed by atoms with E-state index in [2.05, 4.69) is 31.1 Å². The first-order valence-corrected chi connectivity index (χ1v) is 9.36. The Morgan fingerprint density at radius 2 is 1.93 bits per heavy atom. The summed E-state index contributed by atoms with van der Waals surface area (Å²) < 4.78 is 11.0. The fourth-order valence-corrected chi connectivity index (χ4v) is 3.01. The number of hydrogen-bond donors (Lipinski definition) is 1. The van der Waals surface area contributed by atoms with Gasteiger partial charge in [0.1, 0.15) is 0 Å². The lowest BCUT2D eigenvalue weighted by atomic mass is 10.2. The minimum absolute atomic E-state index is 0.282. The van der Waals surface area contributed by atoms with Crippen molar-refractivity contribution >= 4 is 33.5 Å². The van der Waals surface area contributed by atoms with Crippen molar-refractivity contribution in [3.63, 3.8) is 0 Å². The Bertz CT molecular complexity index is 792. The Morgan fingerprint density at radius 1 is 1.19 bits per heavy atom. The van der Waals surface area contributed by atoms with E-state index in [0.717, 1.165) is 32.8 Å². The highest BCUT2D eigenvalue weighted by molar-refractivity contribution is 9.10. The first-order valence-electron chi connectivity index (χ1n) is 8.57. The molecule has 2 heterocycles. The van der Waals surface area contributed by atoms with Crippen LogP contribution in [0.15, 0.2) is 47.2 Å². The molecule has 0 aliphatic carbocycles. The third kappa shape index (κ3) is 6.13. The molecule has 0 spiro atoms. The first-order chi connectivity index (χ1) is 13.1. The maximum absolute atomic E-state index is 12.0. The third-order valence-corrected chi connectivity index (χ3v) is 4.46. The average molecular weight is 434 g/mol. The lowest BCUT2D eigenvalue weighted by molar-refractivity contribution is -0.119. The molecule has 1 aliphatic heterocycles. The molecule has 1 saturated heterocycles. The Balaban J connectivity index is 1.45. The number of hydrogen-bond acceptors (Lipinski definition) is 6. The topological polar surface area (TPSA) is 80.8 Å². The summed E-state index contributed by atoms with van der Waals surface area (Å²) in [6.45, 7) is 3.89. The van der Waals surface area contributed by atoms with E-state index >= 15 is 0 Å². The van der Waals surface area contributed by atoms with E-state index in [1.54, 1.807) is 12.3 Å². The minimum atomic E-state index is -0.597. The van der Waals surface area contributed by atoms with Crippen LogP contribution in [0.4, 0.5) is 5.69 Å². The van der Waals surface area contributed by atoms with Gasteiger partial charge in [-0.25, -0.2) is 4.79 Å². The van der Waals surface area contributed by atoms with Crippen LogP contribution in [0.25, 0.3) is 0 Å². The Hall–Kier alpha value is -2.29. The summed E-state index contributed by atoms with van der Waals surface area (Å²) >= 11 is 3.23. The van der Waals surface area contributed by atoms with Crippen molar-refractivity contribution in [3.05, 3.63) is 58.3 Å². The molecule has 1 fully saturated rings. The highest BCUT2D eigenvalue weighted by Gasteiger charge is 2.12. The van der Waals surface area contributed by atoms with Gasteiger partial charge in [-0.2, -0.15) is 0 Å². The lowest BCUT2D eigenvalue weighted by Gasteiger charge is -2.26. The van der Waals surface area contributed by atoms with Gasteiger partial charge in [-0.05, 0) is 39.7 Å². The van der Waals surface area contributed by atoms with Crippen LogP contribution in [0.3, 0.4) is 0 Å². The molecule has 1 aromatic carbocycles. The highest BCUT2D eigenvalue weighted by atomic mass is 79.9. The molecule has 8 heteroatoms. The van der Waals surface area contributed by atoms with Crippen LogP contribution in [0, 0.1) is 0 Å². The molecule has 0 atom stereocenters.